The van der Waals surface area contributed by atoms with Gasteiger partial charge in [-0.25, -0.2) is 0 Å². The number of Topliss-reactive ketones (excluding diaryl/α,β-unsaturated/α-hetero) is 1. The van der Waals surface area contributed by atoms with Gasteiger partial charge in [-0.2, -0.15) is 0 Å². The first kappa shape index (κ1) is 13.5. The lowest BCUT2D eigenvalue weighted by Crippen LogP contribution is -2.37. The third kappa shape index (κ3) is 2.52. The Kier molecular flexibility index (Phi) is 3.41. The van der Waals surface area contributed by atoms with Gasteiger partial charge in [-0.05, 0) is 29.7 Å². The Labute approximate surface area is 130 Å². The molecule has 3 heteroatoms. The SMILES string of the molecule is O=C(CC1=N[C@H]2CCCC[C@H]2N1)c1ccc2ccccc2c1. The van der Waals surface area contributed by atoms with E-state index in [1.54, 1.807) is 0 Å². The normalized spacial score (nSPS) is 23.7. The zero-order valence-corrected chi connectivity index (χ0v) is 12.6. The minimum Gasteiger partial charge on any atom is -0.369 e. The number of amidine groups is 1. The number of nitrogens with one attached hydrogen (secondary N) is 1. The predicted molar refractivity (Wildman–Crippen MR) is 89.5 cm³/mol. The standard InChI is InChI=1S/C19H20N2O/c22-18(12-19-20-16-7-3-4-8-17(16)21-19)15-10-9-13-5-1-2-6-14(13)11-15/h1-2,5-6,9-11,16-17H,3-4,7-8,12H2,(H,20,21)/t16-,17+. The lowest BCUT2D eigenvalue weighted by atomic mass is 9.92. The van der Waals surface area contributed by atoms with Crippen molar-refractivity contribution in [3.63, 3.8) is 0 Å². The molecule has 1 heterocycles. The van der Waals surface area contributed by atoms with E-state index < -0.39 is 0 Å². The number of carbonyl (C=O) groups excluding carboxylic acids is 1. The molecular formula is C19H20N2O. The molecule has 0 bridgehead atoms. The molecule has 1 N–H and O–H groups in total. The molecule has 0 spiro atoms. The van der Waals surface area contributed by atoms with Crippen LogP contribution in [0.4, 0.5) is 0 Å². The molecule has 2 aromatic rings. The largest absolute Gasteiger partial charge is 0.369 e. The number of hydrogen-bond acceptors (Lipinski definition) is 3. The molecule has 1 fully saturated rings. The first-order valence-electron chi connectivity index (χ1n) is 8.15. The molecule has 1 saturated carbocycles. The summed E-state index contributed by atoms with van der Waals surface area (Å²) in [6, 6.07) is 14.9. The van der Waals surface area contributed by atoms with Gasteiger partial charge in [-0.1, -0.05) is 49.2 Å². The van der Waals surface area contributed by atoms with Crippen molar-refractivity contribution in [1.82, 2.24) is 5.32 Å². The Morgan fingerprint density at radius 2 is 1.91 bits per heavy atom. The molecule has 0 saturated heterocycles. The molecule has 2 aliphatic rings. The van der Waals surface area contributed by atoms with Crippen molar-refractivity contribution >= 4 is 22.4 Å². The van der Waals surface area contributed by atoms with Gasteiger partial charge in [0.2, 0.25) is 0 Å². The van der Waals surface area contributed by atoms with E-state index >= 15 is 0 Å². The molecule has 1 aliphatic carbocycles. The number of aliphatic imine (C=N–C) groups is 1. The molecule has 112 valence electrons. The van der Waals surface area contributed by atoms with E-state index in [1.807, 2.05) is 36.4 Å². The van der Waals surface area contributed by atoms with Crippen LogP contribution in [0.2, 0.25) is 0 Å². The van der Waals surface area contributed by atoms with Gasteiger partial charge < -0.3 is 5.32 Å². The predicted octanol–water partition coefficient (Wildman–Crippen LogP) is 3.73. The van der Waals surface area contributed by atoms with Crippen LogP contribution in [0.15, 0.2) is 47.5 Å². The molecule has 2 atom stereocenters. The highest BCUT2D eigenvalue weighted by Crippen LogP contribution is 2.25. The Balaban J connectivity index is 1.51. The minimum atomic E-state index is 0.149. The zero-order chi connectivity index (χ0) is 14.9. The highest BCUT2D eigenvalue weighted by atomic mass is 16.1. The number of rotatable bonds is 3. The highest BCUT2D eigenvalue weighted by Gasteiger charge is 2.31. The molecule has 3 nitrogen and oxygen atoms in total. The van der Waals surface area contributed by atoms with Crippen LogP contribution in [0, 0.1) is 0 Å². The third-order valence-electron chi connectivity index (χ3n) is 4.80. The smallest absolute Gasteiger partial charge is 0.170 e. The van der Waals surface area contributed by atoms with Crippen molar-refractivity contribution < 1.29 is 4.79 Å². The molecular weight excluding hydrogens is 272 g/mol. The van der Waals surface area contributed by atoms with Crippen molar-refractivity contribution in [3.05, 3.63) is 48.0 Å². The second kappa shape index (κ2) is 5.56. The van der Waals surface area contributed by atoms with E-state index in [2.05, 4.69) is 11.4 Å². The van der Waals surface area contributed by atoms with Crippen LogP contribution >= 0.6 is 0 Å². The van der Waals surface area contributed by atoms with E-state index in [1.165, 1.54) is 24.6 Å². The number of benzene rings is 2. The first-order valence-corrected chi connectivity index (χ1v) is 8.15. The lowest BCUT2D eigenvalue weighted by Gasteiger charge is -2.23. The summed E-state index contributed by atoms with van der Waals surface area (Å²) in [5.74, 6) is 1.03. The van der Waals surface area contributed by atoms with Crippen LogP contribution in [0.5, 0.6) is 0 Å². The quantitative estimate of drug-likeness (QED) is 0.876. The third-order valence-corrected chi connectivity index (χ3v) is 4.80. The van der Waals surface area contributed by atoms with Crippen LogP contribution in [-0.2, 0) is 0 Å². The highest BCUT2D eigenvalue weighted by molar-refractivity contribution is 6.10. The van der Waals surface area contributed by atoms with E-state index in [0.29, 0.717) is 18.5 Å². The van der Waals surface area contributed by atoms with Crippen LogP contribution in [-0.4, -0.2) is 23.7 Å². The summed E-state index contributed by atoms with van der Waals surface area (Å²) in [5, 5.41) is 5.74. The average Bonchev–Trinajstić information content (AvgIpc) is 2.96. The summed E-state index contributed by atoms with van der Waals surface area (Å²) in [5.41, 5.74) is 0.776. The fourth-order valence-corrected chi connectivity index (χ4v) is 3.60. The zero-order valence-electron chi connectivity index (χ0n) is 12.6. The fraction of sp³-hybridized carbons (Fsp3) is 0.368. The summed E-state index contributed by atoms with van der Waals surface area (Å²) in [7, 11) is 0. The van der Waals surface area contributed by atoms with E-state index in [0.717, 1.165) is 23.2 Å². The van der Waals surface area contributed by atoms with E-state index in [-0.39, 0.29) is 5.78 Å². The average molecular weight is 292 g/mol. The summed E-state index contributed by atoms with van der Waals surface area (Å²) in [4.78, 5) is 17.3. The summed E-state index contributed by atoms with van der Waals surface area (Å²) in [6.07, 6.45) is 5.27. The van der Waals surface area contributed by atoms with Crippen LogP contribution in [0.3, 0.4) is 0 Å². The maximum atomic E-state index is 12.5. The summed E-state index contributed by atoms with van der Waals surface area (Å²) in [6.45, 7) is 0. The number of hydrogen-bond donors (Lipinski definition) is 1. The van der Waals surface area contributed by atoms with Gasteiger partial charge in [0, 0.05) is 11.6 Å². The van der Waals surface area contributed by atoms with Crippen molar-refractivity contribution in [2.45, 2.75) is 44.2 Å². The molecule has 1 aliphatic heterocycles. The van der Waals surface area contributed by atoms with Gasteiger partial charge in [-0.3, -0.25) is 9.79 Å². The molecule has 0 aromatic heterocycles. The van der Waals surface area contributed by atoms with Crippen molar-refractivity contribution in [1.29, 1.82) is 0 Å². The van der Waals surface area contributed by atoms with Crippen molar-refractivity contribution in [2.24, 2.45) is 4.99 Å². The van der Waals surface area contributed by atoms with Gasteiger partial charge in [0.05, 0.1) is 12.5 Å². The maximum Gasteiger partial charge on any atom is 0.170 e. The Morgan fingerprint density at radius 3 is 2.77 bits per heavy atom. The van der Waals surface area contributed by atoms with Crippen LogP contribution in [0.1, 0.15) is 42.5 Å². The number of ketones is 1. The van der Waals surface area contributed by atoms with Crippen LogP contribution < -0.4 is 5.32 Å². The van der Waals surface area contributed by atoms with Gasteiger partial charge in [-0.15, -0.1) is 0 Å². The van der Waals surface area contributed by atoms with Gasteiger partial charge in [0.15, 0.2) is 5.78 Å². The number of carbonyl (C=O) groups is 1. The van der Waals surface area contributed by atoms with Gasteiger partial charge >= 0.3 is 0 Å². The Morgan fingerprint density at radius 1 is 1.09 bits per heavy atom. The Hall–Kier alpha value is -2.16. The molecule has 0 unspecified atom stereocenters. The maximum absolute atomic E-state index is 12.5. The second-order valence-electron chi connectivity index (χ2n) is 6.34. The topological polar surface area (TPSA) is 41.5 Å². The molecule has 22 heavy (non-hydrogen) atoms. The van der Waals surface area contributed by atoms with Crippen LogP contribution in [0.25, 0.3) is 10.8 Å². The number of nitrogens with zero attached hydrogens (tertiary/aromatic N) is 1. The van der Waals surface area contributed by atoms with Crippen molar-refractivity contribution in [2.75, 3.05) is 0 Å². The summed E-state index contributed by atoms with van der Waals surface area (Å²) < 4.78 is 0. The molecule has 0 amide bonds. The number of fused-ring (bicyclic) bond motifs is 2. The molecule has 4 rings (SSSR count). The monoisotopic (exact) mass is 292 g/mol. The van der Waals surface area contributed by atoms with Gasteiger partial charge in [0.1, 0.15) is 5.84 Å². The van der Waals surface area contributed by atoms with E-state index in [4.69, 9.17) is 4.99 Å². The molecule has 0 radical (unpaired) electrons. The van der Waals surface area contributed by atoms with E-state index in [9.17, 15) is 4.79 Å². The summed E-state index contributed by atoms with van der Waals surface area (Å²) >= 11 is 0. The Bertz CT molecular complexity index is 750. The minimum absolute atomic E-state index is 0.149. The molecule has 2 aromatic carbocycles. The second-order valence-corrected chi connectivity index (χ2v) is 6.34. The lowest BCUT2D eigenvalue weighted by molar-refractivity contribution is 0.1000. The fourth-order valence-electron chi connectivity index (χ4n) is 3.60. The van der Waals surface area contributed by atoms with Crippen molar-refractivity contribution in [3.8, 4) is 0 Å². The van der Waals surface area contributed by atoms with Gasteiger partial charge in [0.25, 0.3) is 0 Å². The first-order chi connectivity index (χ1) is 10.8.